The Morgan fingerprint density at radius 1 is 1.14 bits per heavy atom. The summed E-state index contributed by atoms with van der Waals surface area (Å²) in [6, 6.07) is 15.3. The van der Waals surface area contributed by atoms with Crippen molar-refractivity contribution in [2.24, 2.45) is 0 Å². The zero-order valence-corrected chi connectivity index (χ0v) is 12.9. The van der Waals surface area contributed by atoms with Gasteiger partial charge in [-0.1, -0.05) is 37.3 Å². The molecule has 0 aromatic heterocycles. The lowest BCUT2D eigenvalue weighted by atomic mass is 9.91. The molecule has 0 radical (unpaired) electrons. The Morgan fingerprint density at radius 2 is 2.00 bits per heavy atom. The number of benzene rings is 2. The molecule has 0 fully saturated rings. The third-order valence-corrected chi connectivity index (χ3v) is 4.31. The third kappa shape index (κ3) is 3.27. The minimum atomic E-state index is 0.591. The first-order chi connectivity index (χ1) is 10.3. The van der Waals surface area contributed by atoms with Crippen molar-refractivity contribution in [3.63, 3.8) is 0 Å². The van der Waals surface area contributed by atoms with Gasteiger partial charge in [-0.15, -0.1) is 0 Å². The van der Waals surface area contributed by atoms with E-state index in [-0.39, 0.29) is 0 Å². The Labute approximate surface area is 127 Å². The van der Waals surface area contributed by atoms with E-state index in [2.05, 4.69) is 48.6 Å². The maximum absolute atomic E-state index is 5.31. The first-order valence-corrected chi connectivity index (χ1v) is 7.71. The summed E-state index contributed by atoms with van der Waals surface area (Å²) in [5.41, 5.74) is 5.70. The standard InChI is InChI=1S/C19H23NO/c1-14-13-20-9-8-17-7-6-16(12-19(14)17)10-15-4-3-5-18(11-15)21-2/h3-7,11-12,14,20H,8-10,13H2,1-2H3/t14-/m1/s1. The van der Waals surface area contributed by atoms with Crippen LogP contribution in [0.4, 0.5) is 0 Å². The van der Waals surface area contributed by atoms with E-state index in [4.69, 9.17) is 4.74 Å². The largest absolute Gasteiger partial charge is 0.497 e. The Balaban J connectivity index is 1.86. The third-order valence-electron chi connectivity index (χ3n) is 4.31. The highest BCUT2D eigenvalue weighted by atomic mass is 16.5. The molecule has 21 heavy (non-hydrogen) atoms. The fourth-order valence-electron chi connectivity index (χ4n) is 3.11. The Kier molecular flexibility index (Phi) is 4.26. The minimum Gasteiger partial charge on any atom is -0.497 e. The van der Waals surface area contributed by atoms with Gasteiger partial charge in [0.2, 0.25) is 0 Å². The van der Waals surface area contributed by atoms with Crippen LogP contribution in [0.5, 0.6) is 5.75 Å². The number of hydrogen-bond donors (Lipinski definition) is 1. The van der Waals surface area contributed by atoms with Crippen LogP contribution in [0.3, 0.4) is 0 Å². The van der Waals surface area contributed by atoms with Gasteiger partial charge in [0.25, 0.3) is 0 Å². The predicted octanol–water partition coefficient (Wildman–Crippen LogP) is 3.54. The Bertz CT molecular complexity index is 621. The average Bonchev–Trinajstić information content (AvgIpc) is 2.70. The van der Waals surface area contributed by atoms with Crippen LogP contribution < -0.4 is 10.1 Å². The highest BCUT2D eigenvalue weighted by Gasteiger charge is 2.14. The summed E-state index contributed by atoms with van der Waals surface area (Å²) in [5, 5.41) is 3.51. The molecule has 0 saturated heterocycles. The molecule has 0 spiro atoms. The van der Waals surface area contributed by atoms with Crippen LogP contribution in [0.2, 0.25) is 0 Å². The maximum Gasteiger partial charge on any atom is 0.119 e. The first-order valence-electron chi connectivity index (χ1n) is 7.71. The molecular weight excluding hydrogens is 258 g/mol. The number of methoxy groups -OCH3 is 1. The van der Waals surface area contributed by atoms with Crippen molar-refractivity contribution >= 4 is 0 Å². The van der Waals surface area contributed by atoms with E-state index in [1.54, 1.807) is 7.11 Å². The van der Waals surface area contributed by atoms with Gasteiger partial charge in [-0.05, 0) is 59.7 Å². The summed E-state index contributed by atoms with van der Waals surface area (Å²) in [4.78, 5) is 0. The number of fused-ring (bicyclic) bond motifs is 1. The summed E-state index contributed by atoms with van der Waals surface area (Å²) >= 11 is 0. The molecule has 1 aliphatic rings. The van der Waals surface area contributed by atoms with Crippen LogP contribution in [0.1, 0.15) is 35.1 Å². The Hall–Kier alpha value is -1.80. The van der Waals surface area contributed by atoms with Crippen LogP contribution in [0.25, 0.3) is 0 Å². The zero-order valence-electron chi connectivity index (χ0n) is 12.9. The molecule has 1 heterocycles. The van der Waals surface area contributed by atoms with Gasteiger partial charge in [0.1, 0.15) is 5.75 Å². The summed E-state index contributed by atoms with van der Waals surface area (Å²) in [7, 11) is 1.72. The summed E-state index contributed by atoms with van der Waals surface area (Å²) in [5.74, 6) is 1.52. The first kappa shape index (κ1) is 14.2. The van der Waals surface area contributed by atoms with Gasteiger partial charge in [-0.25, -0.2) is 0 Å². The van der Waals surface area contributed by atoms with Gasteiger partial charge in [0.15, 0.2) is 0 Å². The average molecular weight is 281 g/mol. The van der Waals surface area contributed by atoms with Crippen LogP contribution in [-0.2, 0) is 12.8 Å². The number of nitrogens with one attached hydrogen (secondary N) is 1. The second-order valence-corrected chi connectivity index (χ2v) is 5.92. The SMILES string of the molecule is COc1cccc(Cc2ccc3c(c2)[C@H](C)CNCC3)c1. The van der Waals surface area contributed by atoms with Crippen molar-refractivity contribution in [3.8, 4) is 5.75 Å². The van der Waals surface area contributed by atoms with Gasteiger partial charge < -0.3 is 10.1 Å². The van der Waals surface area contributed by atoms with Gasteiger partial charge in [-0.3, -0.25) is 0 Å². The highest BCUT2D eigenvalue weighted by Crippen LogP contribution is 2.25. The van der Waals surface area contributed by atoms with E-state index >= 15 is 0 Å². The molecule has 110 valence electrons. The fraction of sp³-hybridized carbons (Fsp3) is 0.368. The van der Waals surface area contributed by atoms with E-state index in [0.717, 1.165) is 31.7 Å². The quantitative estimate of drug-likeness (QED) is 0.929. The molecule has 0 unspecified atom stereocenters. The molecule has 2 heteroatoms. The molecular formula is C19H23NO. The van der Waals surface area contributed by atoms with Gasteiger partial charge in [0.05, 0.1) is 7.11 Å². The Morgan fingerprint density at radius 3 is 2.86 bits per heavy atom. The monoisotopic (exact) mass is 281 g/mol. The summed E-state index contributed by atoms with van der Waals surface area (Å²) in [6.07, 6.45) is 2.10. The summed E-state index contributed by atoms with van der Waals surface area (Å²) in [6.45, 7) is 4.48. The lowest BCUT2D eigenvalue weighted by Gasteiger charge is -2.14. The van der Waals surface area contributed by atoms with E-state index in [0.29, 0.717) is 5.92 Å². The molecule has 1 aliphatic heterocycles. The number of hydrogen-bond acceptors (Lipinski definition) is 2. The lowest BCUT2D eigenvalue weighted by Crippen LogP contribution is -2.18. The zero-order chi connectivity index (χ0) is 14.7. The van der Waals surface area contributed by atoms with E-state index < -0.39 is 0 Å². The molecule has 0 saturated carbocycles. The van der Waals surface area contributed by atoms with Gasteiger partial charge in [-0.2, -0.15) is 0 Å². The molecule has 2 aromatic carbocycles. The van der Waals surface area contributed by atoms with Crippen LogP contribution in [-0.4, -0.2) is 20.2 Å². The fourth-order valence-corrected chi connectivity index (χ4v) is 3.11. The van der Waals surface area contributed by atoms with Crippen molar-refractivity contribution in [3.05, 3.63) is 64.7 Å². The van der Waals surface area contributed by atoms with Crippen LogP contribution >= 0.6 is 0 Å². The highest BCUT2D eigenvalue weighted by molar-refractivity contribution is 5.39. The van der Waals surface area contributed by atoms with Gasteiger partial charge in [0, 0.05) is 6.54 Å². The van der Waals surface area contributed by atoms with Crippen molar-refractivity contribution in [2.45, 2.75) is 25.7 Å². The number of ether oxygens (including phenoxy) is 1. The van der Waals surface area contributed by atoms with Gasteiger partial charge >= 0.3 is 0 Å². The second-order valence-electron chi connectivity index (χ2n) is 5.92. The molecule has 3 rings (SSSR count). The van der Waals surface area contributed by atoms with E-state index in [1.165, 1.54) is 22.3 Å². The maximum atomic E-state index is 5.31. The van der Waals surface area contributed by atoms with Crippen molar-refractivity contribution < 1.29 is 4.74 Å². The van der Waals surface area contributed by atoms with Crippen molar-refractivity contribution in [1.82, 2.24) is 5.32 Å². The van der Waals surface area contributed by atoms with Crippen molar-refractivity contribution in [1.29, 1.82) is 0 Å². The minimum absolute atomic E-state index is 0.591. The lowest BCUT2D eigenvalue weighted by molar-refractivity contribution is 0.414. The molecule has 1 N–H and O–H groups in total. The predicted molar refractivity (Wildman–Crippen MR) is 87.2 cm³/mol. The molecule has 0 aliphatic carbocycles. The van der Waals surface area contributed by atoms with Crippen molar-refractivity contribution in [2.75, 3.05) is 20.2 Å². The topological polar surface area (TPSA) is 21.3 Å². The smallest absolute Gasteiger partial charge is 0.119 e. The molecule has 0 bridgehead atoms. The van der Waals surface area contributed by atoms with Crippen LogP contribution in [0, 0.1) is 0 Å². The number of rotatable bonds is 3. The molecule has 2 nitrogen and oxygen atoms in total. The summed E-state index contributed by atoms with van der Waals surface area (Å²) < 4.78 is 5.31. The second kappa shape index (κ2) is 6.31. The van der Waals surface area contributed by atoms with E-state index in [9.17, 15) is 0 Å². The van der Waals surface area contributed by atoms with E-state index in [1.807, 2.05) is 6.07 Å². The molecule has 0 amide bonds. The molecule has 2 aromatic rings. The molecule has 1 atom stereocenters. The van der Waals surface area contributed by atoms with Crippen LogP contribution in [0.15, 0.2) is 42.5 Å². The normalized spacial score (nSPS) is 17.9.